The van der Waals surface area contributed by atoms with E-state index in [1.165, 1.54) is 17.8 Å². The summed E-state index contributed by atoms with van der Waals surface area (Å²) in [6.07, 6.45) is 1.89. The van der Waals surface area contributed by atoms with Gasteiger partial charge in [0.05, 0.1) is 18.4 Å². The van der Waals surface area contributed by atoms with Gasteiger partial charge >= 0.3 is 5.97 Å². The molecule has 0 aromatic heterocycles. The quantitative estimate of drug-likeness (QED) is 0.412. The predicted octanol–water partition coefficient (Wildman–Crippen LogP) is 0.642. The summed E-state index contributed by atoms with van der Waals surface area (Å²) in [4.78, 5) is 21.3. The second kappa shape index (κ2) is 4.91. The molecule has 5 heteroatoms. The number of amides is 1. The molecule has 0 radical (unpaired) electrons. The van der Waals surface area contributed by atoms with Crippen LogP contribution in [-0.2, 0) is 14.3 Å². The zero-order valence-electron chi connectivity index (χ0n) is 7.28. The van der Waals surface area contributed by atoms with Crippen molar-refractivity contribution in [2.24, 2.45) is 0 Å². The molecule has 0 aromatic carbocycles. The first kappa shape index (κ1) is 10.1. The highest BCUT2D eigenvalue weighted by Crippen LogP contribution is 2.19. The Balaban J connectivity index is 2.11. The van der Waals surface area contributed by atoms with Crippen LogP contribution in [0.2, 0.25) is 0 Å². The van der Waals surface area contributed by atoms with Crippen molar-refractivity contribution in [3.05, 3.63) is 11.5 Å². The van der Waals surface area contributed by atoms with Gasteiger partial charge in [0, 0.05) is 6.08 Å². The molecule has 1 rings (SSSR count). The maximum Gasteiger partial charge on any atom is 0.331 e. The van der Waals surface area contributed by atoms with Crippen molar-refractivity contribution >= 4 is 23.6 Å². The van der Waals surface area contributed by atoms with E-state index in [0.717, 1.165) is 0 Å². The molecule has 1 heterocycles. The average Bonchev–Trinajstić information content (AvgIpc) is 2.01. The molecule has 4 nitrogen and oxygen atoms in total. The highest BCUT2D eigenvalue weighted by Gasteiger charge is 2.24. The fraction of sp³-hybridized carbons (Fsp3) is 0.500. The molecule has 1 amide bonds. The zero-order valence-corrected chi connectivity index (χ0v) is 8.10. The third kappa shape index (κ3) is 3.50. The molecule has 1 fully saturated rings. The minimum Gasteiger partial charge on any atom is -0.463 e. The van der Waals surface area contributed by atoms with Crippen LogP contribution >= 0.6 is 11.8 Å². The van der Waals surface area contributed by atoms with E-state index in [2.05, 4.69) is 10.1 Å². The Hall–Kier alpha value is -0.970. The average molecular weight is 201 g/mol. The second-order valence-corrected chi connectivity index (χ2v) is 3.56. The largest absolute Gasteiger partial charge is 0.463 e. The van der Waals surface area contributed by atoms with Gasteiger partial charge < -0.3 is 10.1 Å². The Kier molecular flexibility index (Phi) is 3.82. The zero-order chi connectivity index (χ0) is 9.68. The molecule has 1 aliphatic rings. The van der Waals surface area contributed by atoms with E-state index in [4.69, 9.17) is 0 Å². The summed E-state index contributed by atoms with van der Waals surface area (Å²) in [5, 5.41) is 4.43. The monoisotopic (exact) mass is 201 g/mol. The molecule has 1 unspecified atom stereocenters. The fourth-order valence-electron chi connectivity index (χ4n) is 0.789. The summed E-state index contributed by atoms with van der Waals surface area (Å²) in [5.74, 6) is -0.289. The normalized spacial score (nSPS) is 21.0. The van der Waals surface area contributed by atoms with Crippen LogP contribution in [0.3, 0.4) is 0 Å². The van der Waals surface area contributed by atoms with E-state index in [9.17, 15) is 9.59 Å². The molecule has 72 valence electrons. The molecule has 1 saturated heterocycles. The van der Waals surface area contributed by atoms with Crippen LogP contribution in [0.15, 0.2) is 11.5 Å². The number of esters is 1. The van der Waals surface area contributed by atoms with Gasteiger partial charge in [-0.15, -0.1) is 11.8 Å². The van der Waals surface area contributed by atoms with E-state index in [1.54, 1.807) is 12.3 Å². The van der Waals surface area contributed by atoms with Gasteiger partial charge in [0.25, 0.3) is 0 Å². The van der Waals surface area contributed by atoms with Gasteiger partial charge in [-0.05, 0) is 12.3 Å². The van der Waals surface area contributed by atoms with E-state index in [-0.39, 0.29) is 17.3 Å². The molecule has 13 heavy (non-hydrogen) atoms. The van der Waals surface area contributed by atoms with E-state index < -0.39 is 0 Å². The van der Waals surface area contributed by atoms with Crippen molar-refractivity contribution in [2.45, 2.75) is 18.7 Å². The molecule has 0 spiro atoms. The lowest BCUT2D eigenvalue weighted by Gasteiger charge is -2.24. The van der Waals surface area contributed by atoms with Crippen molar-refractivity contribution in [3.63, 3.8) is 0 Å². The number of rotatable bonds is 4. The number of carbonyl (C=O) groups is 2. The number of nitrogens with one attached hydrogen (secondary N) is 1. The Labute approximate surface area is 80.7 Å². The highest BCUT2D eigenvalue weighted by atomic mass is 32.2. The number of hydrogen-bond donors (Lipinski definition) is 1. The lowest BCUT2D eigenvalue weighted by molar-refractivity contribution is -0.137. The Morgan fingerprint density at radius 1 is 1.85 bits per heavy atom. The molecule has 0 saturated carbocycles. The summed E-state index contributed by atoms with van der Waals surface area (Å²) in [6.45, 7) is 2.14. The first-order chi connectivity index (χ1) is 6.22. The SMILES string of the molecule is CCOC(=O)/C=C\SC1CC(=O)N1. The molecular formula is C8H11NO3S. The van der Waals surface area contributed by atoms with Crippen molar-refractivity contribution in [3.8, 4) is 0 Å². The third-order valence-electron chi connectivity index (χ3n) is 1.43. The van der Waals surface area contributed by atoms with Crippen molar-refractivity contribution in [1.82, 2.24) is 5.32 Å². The smallest absolute Gasteiger partial charge is 0.331 e. The maximum absolute atomic E-state index is 10.8. The summed E-state index contributed by atoms with van der Waals surface area (Å²) in [5.41, 5.74) is 0. The first-order valence-electron chi connectivity index (χ1n) is 4.00. The number of hydrogen-bond acceptors (Lipinski definition) is 4. The standard InChI is InChI=1S/C8H11NO3S/c1-2-12-8(11)3-4-13-7-5-6(10)9-7/h3-4,7H,2,5H2,1H3,(H,9,10)/b4-3-. The number of β-lactam (4-membered cyclic amide) rings is 1. The molecule has 1 atom stereocenters. The van der Waals surface area contributed by atoms with Crippen LogP contribution in [0, 0.1) is 0 Å². The summed E-state index contributed by atoms with van der Waals surface area (Å²) >= 11 is 1.41. The topological polar surface area (TPSA) is 55.4 Å². The summed E-state index contributed by atoms with van der Waals surface area (Å²) < 4.78 is 4.67. The van der Waals surface area contributed by atoms with Crippen LogP contribution in [0.25, 0.3) is 0 Å². The van der Waals surface area contributed by atoms with Gasteiger partial charge in [-0.2, -0.15) is 0 Å². The fourth-order valence-corrected chi connectivity index (χ4v) is 1.62. The van der Waals surface area contributed by atoms with Gasteiger partial charge in [0.1, 0.15) is 0 Å². The van der Waals surface area contributed by atoms with Gasteiger partial charge in [0.15, 0.2) is 0 Å². The number of carbonyl (C=O) groups excluding carboxylic acids is 2. The van der Waals surface area contributed by atoms with Crippen LogP contribution in [0.1, 0.15) is 13.3 Å². The third-order valence-corrected chi connectivity index (χ3v) is 2.33. The van der Waals surface area contributed by atoms with Crippen LogP contribution in [0.5, 0.6) is 0 Å². The van der Waals surface area contributed by atoms with Gasteiger partial charge in [0.2, 0.25) is 5.91 Å². The Morgan fingerprint density at radius 2 is 2.54 bits per heavy atom. The minimum atomic E-state index is -0.347. The molecule has 1 N–H and O–H groups in total. The van der Waals surface area contributed by atoms with Crippen molar-refractivity contribution < 1.29 is 14.3 Å². The lowest BCUT2D eigenvalue weighted by Crippen LogP contribution is -2.45. The van der Waals surface area contributed by atoms with Gasteiger partial charge in [-0.1, -0.05) is 0 Å². The Morgan fingerprint density at radius 3 is 3.08 bits per heavy atom. The van der Waals surface area contributed by atoms with Crippen LogP contribution < -0.4 is 5.32 Å². The van der Waals surface area contributed by atoms with Gasteiger partial charge in [-0.25, -0.2) is 4.79 Å². The van der Waals surface area contributed by atoms with E-state index >= 15 is 0 Å². The lowest BCUT2D eigenvalue weighted by atomic mass is 10.3. The van der Waals surface area contributed by atoms with Crippen molar-refractivity contribution in [1.29, 1.82) is 0 Å². The molecule has 0 bridgehead atoms. The first-order valence-corrected chi connectivity index (χ1v) is 4.94. The molecule has 0 aliphatic carbocycles. The second-order valence-electron chi connectivity index (χ2n) is 2.45. The highest BCUT2D eigenvalue weighted by molar-refractivity contribution is 8.02. The predicted molar refractivity (Wildman–Crippen MR) is 49.9 cm³/mol. The van der Waals surface area contributed by atoms with Gasteiger partial charge in [-0.3, -0.25) is 4.79 Å². The number of thioether (sulfide) groups is 1. The maximum atomic E-state index is 10.8. The molecule has 1 aliphatic heterocycles. The minimum absolute atomic E-state index is 0.0574. The van der Waals surface area contributed by atoms with Crippen molar-refractivity contribution in [2.75, 3.05) is 6.61 Å². The summed E-state index contributed by atoms with van der Waals surface area (Å²) in [7, 11) is 0. The van der Waals surface area contributed by atoms with Crippen LogP contribution in [-0.4, -0.2) is 23.9 Å². The van der Waals surface area contributed by atoms with E-state index in [1.807, 2.05) is 0 Å². The molecule has 0 aromatic rings. The summed E-state index contributed by atoms with van der Waals surface area (Å²) in [6, 6.07) is 0. The Bertz CT molecular complexity index is 232. The molecular weight excluding hydrogens is 190 g/mol. The number of ether oxygens (including phenoxy) is 1. The van der Waals surface area contributed by atoms with Crippen LogP contribution in [0.4, 0.5) is 0 Å². The van der Waals surface area contributed by atoms with E-state index in [0.29, 0.717) is 13.0 Å².